The molecule has 4 heteroatoms. The van der Waals surface area contributed by atoms with Gasteiger partial charge in [0.1, 0.15) is 17.6 Å². The molecule has 0 aliphatic rings. The standard InChI is InChI=1S/C13H14O3S/c1-15-9-5-6-10(11(8-9)16-2)13(14)12-4-3-7-17-12/h3-8,13-14H,1-2H3/t13-/m0/s1. The SMILES string of the molecule is COc1ccc([C@H](O)c2cccs2)c(OC)c1. The Morgan fingerprint density at radius 3 is 2.59 bits per heavy atom. The molecule has 3 nitrogen and oxygen atoms in total. The maximum atomic E-state index is 10.2. The van der Waals surface area contributed by atoms with E-state index in [9.17, 15) is 5.11 Å². The number of rotatable bonds is 4. The molecular weight excluding hydrogens is 236 g/mol. The van der Waals surface area contributed by atoms with Gasteiger partial charge < -0.3 is 14.6 Å². The maximum Gasteiger partial charge on any atom is 0.128 e. The lowest BCUT2D eigenvalue weighted by atomic mass is 10.1. The smallest absolute Gasteiger partial charge is 0.128 e. The van der Waals surface area contributed by atoms with Crippen LogP contribution in [0, 0.1) is 0 Å². The summed E-state index contributed by atoms with van der Waals surface area (Å²) in [5, 5.41) is 12.2. The summed E-state index contributed by atoms with van der Waals surface area (Å²) in [6.07, 6.45) is -0.657. The first-order chi connectivity index (χ1) is 8.26. The van der Waals surface area contributed by atoms with Gasteiger partial charge in [0.2, 0.25) is 0 Å². The highest BCUT2D eigenvalue weighted by atomic mass is 32.1. The van der Waals surface area contributed by atoms with E-state index in [0.29, 0.717) is 11.5 Å². The van der Waals surface area contributed by atoms with Crippen LogP contribution in [0.2, 0.25) is 0 Å². The fourth-order valence-electron chi connectivity index (χ4n) is 1.64. The van der Waals surface area contributed by atoms with Crippen molar-refractivity contribution in [1.82, 2.24) is 0 Å². The lowest BCUT2D eigenvalue weighted by molar-refractivity contribution is 0.218. The molecular formula is C13H14O3S. The third-order valence-electron chi connectivity index (χ3n) is 2.55. The van der Waals surface area contributed by atoms with Crippen LogP contribution in [0.3, 0.4) is 0 Å². The largest absolute Gasteiger partial charge is 0.497 e. The van der Waals surface area contributed by atoms with Crippen LogP contribution in [0.15, 0.2) is 35.7 Å². The number of aliphatic hydroxyl groups excluding tert-OH is 1. The molecule has 2 rings (SSSR count). The Morgan fingerprint density at radius 2 is 2.00 bits per heavy atom. The average molecular weight is 250 g/mol. The van der Waals surface area contributed by atoms with E-state index >= 15 is 0 Å². The first-order valence-electron chi connectivity index (χ1n) is 5.19. The molecule has 0 saturated heterocycles. The van der Waals surface area contributed by atoms with Crippen LogP contribution < -0.4 is 9.47 Å². The summed E-state index contributed by atoms with van der Waals surface area (Å²) in [5.41, 5.74) is 0.746. The number of ether oxygens (including phenoxy) is 2. The first kappa shape index (κ1) is 12.0. The fourth-order valence-corrected chi connectivity index (χ4v) is 2.37. The molecule has 0 radical (unpaired) electrons. The lowest BCUT2D eigenvalue weighted by Crippen LogP contribution is -2.01. The van der Waals surface area contributed by atoms with Gasteiger partial charge in [-0.3, -0.25) is 0 Å². The summed E-state index contributed by atoms with van der Waals surface area (Å²) in [7, 11) is 3.18. The van der Waals surface area contributed by atoms with Crippen molar-refractivity contribution in [3.05, 3.63) is 46.2 Å². The first-order valence-corrected chi connectivity index (χ1v) is 6.07. The second-order valence-corrected chi connectivity index (χ2v) is 4.51. The van der Waals surface area contributed by atoms with E-state index in [4.69, 9.17) is 9.47 Å². The van der Waals surface area contributed by atoms with Gasteiger partial charge in [-0.25, -0.2) is 0 Å². The number of thiophene rings is 1. The van der Waals surface area contributed by atoms with Gasteiger partial charge in [0, 0.05) is 16.5 Å². The number of benzene rings is 1. The molecule has 1 atom stereocenters. The fraction of sp³-hybridized carbons (Fsp3) is 0.231. The number of methoxy groups -OCH3 is 2. The van der Waals surface area contributed by atoms with Gasteiger partial charge in [-0.2, -0.15) is 0 Å². The van der Waals surface area contributed by atoms with Gasteiger partial charge in [-0.1, -0.05) is 6.07 Å². The van der Waals surface area contributed by atoms with Crippen molar-refractivity contribution in [1.29, 1.82) is 0 Å². The molecule has 1 N–H and O–H groups in total. The molecule has 0 bridgehead atoms. The molecule has 0 aliphatic heterocycles. The summed E-state index contributed by atoms with van der Waals surface area (Å²) < 4.78 is 10.4. The van der Waals surface area contributed by atoms with Crippen molar-refractivity contribution in [2.75, 3.05) is 14.2 Å². The van der Waals surface area contributed by atoms with Gasteiger partial charge in [0.05, 0.1) is 14.2 Å². The Labute approximate surface area is 104 Å². The van der Waals surface area contributed by atoms with Crippen LogP contribution in [-0.2, 0) is 0 Å². The van der Waals surface area contributed by atoms with Crippen molar-refractivity contribution in [2.45, 2.75) is 6.10 Å². The summed E-state index contributed by atoms with van der Waals surface area (Å²) in [6, 6.07) is 9.22. The van der Waals surface area contributed by atoms with E-state index in [0.717, 1.165) is 10.4 Å². The molecule has 0 fully saturated rings. The summed E-state index contributed by atoms with van der Waals surface area (Å²) in [5.74, 6) is 1.34. The highest BCUT2D eigenvalue weighted by molar-refractivity contribution is 7.10. The van der Waals surface area contributed by atoms with Crippen molar-refractivity contribution in [2.24, 2.45) is 0 Å². The van der Waals surface area contributed by atoms with Crippen LogP contribution in [0.4, 0.5) is 0 Å². The number of hydrogen-bond donors (Lipinski definition) is 1. The van der Waals surface area contributed by atoms with E-state index < -0.39 is 6.10 Å². The monoisotopic (exact) mass is 250 g/mol. The Kier molecular flexibility index (Phi) is 3.66. The zero-order valence-corrected chi connectivity index (χ0v) is 10.5. The van der Waals surface area contributed by atoms with Crippen molar-refractivity contribution >= 4 is 11.3 Å². The molecule has 0 saturated carbocycles. The van der Waals surface area contributed by atoms with Gasteiger partial charge >= 0.3 is 0 Å². The lowest BCUT2D eigenvalue weighted by Gasteiger charge is -2.14. The Morgan fingerprint density at radius 1 is 1.18 bits per heavy atom. The molecule has 1 aromatic carbocycles. The van der Waals surface area contributed by atoms with Gasteiger partial charge in [-0.05, 0) is 23.6 Å². The van der Waals surface area contributed by atoms with Crippen LogP contribution >= 0.6 is 11.3 Å². The molecule has 0 aliphatic carbocycles. The predicted octanol–water partition coefficient (Wildman–Crippen LogP) is 2.85. The summed E-state index contributed by atoms with van der Waals surface area (Å²) in [4.78, 5) is 0.897. The molecule has 0 unspecified atom stereocenters. The highest BCUT2D eigenvalue weighted by Crippen LogP contribution is 2.34. The molecule has 2 aromatic rings. The zero-order chi connectivity index (χ0) is 12.3. The van der Waals surface area contributed by atoms with Gasteiger partial charge in [0.25, 0.3) is 0 Å². The minimum absolute atomic E-state index is 0.630. The van der Waals surface area contributed by atoms with E-state index in [-0.39, 0.29) is 0 Å². The topological polar surface area (TPSA) is 38.7 Å². The second-order valence-electron chi connectivity index (χ2n) is 3.53. The van der Waals surface area contributed by atoms with Crippen LogP contribution in [0.25, 0.3) is 0 Å². The molecule has 90 valence electrons. The Bertz CT molecular complexity index is 479. The summed E-state index contributed by atoms with van der Waals surface area (Å²) in [6.45, 7) is 0. The van der Waals surface area contributed by atoms with Crippen LogP contribution in [0.5, 0.6) is 11.5 Å². The maximum absolute atomic E-state index is 10.2. The van der Waals surface area contributed by atoms with Crippen LogP contribution in [-0.4, -0.2) is 19.3 Å². The highest BCUT2D eigenvalue weighted by Gasteiger charge is 2.16. The molecule has 1 heterocycles. The minimum Gasteiger partial charge on any atom is -0.497 e. The van der Waals surface area contributed by atoms with Crippen molar-refractivity contribution in [3.63, 3.8) is 0 Å². The third kappa shape index (κ3) is 2.43. The average Bonchev–Trinajstić information content (AvgIpc) is 2.91. The molecule has 0 amide bonds. The van der Waals surface area contributed by atoms with E-state index in [2.05, 4.69) is 0 Å². The number of hydrogen-bond acceptors (Lipinski definition) is 4. The molecule has 0 spiro atoms. The van der Waals surface area contributed by atoms with Gasteiger partial charge in [-0.15, -0.1) is 11.3 Å². The minimum atomic E-state index is -0.657. The Balaban J connectivity index is 2.38. The van der Waals surface area contributed by atoms with Crippen molar-refractivity contribution < 1.29 is 14.6 Å². The summed E-state index contributed by atoms with van der Waals surface area (Å²) >= 11 is 1.52. The normalized spacial score (nSPS) is 12.2. The molecule has 17 heavy (non-hydrogen) atoms. The quantitative estimate of drug-likeness (QED) is 0.906. The third-order valence-corrected chi connectivity index (χ3v) is 3.47. The molecule has 1 aromatic heterocycles. The predicted molar refractivity (Wildman–Crippen MR) is 67.9 cm³/mol. The number of aliphatic hydroxyl groups is 1. The zero-order valence-electron chi connectivity index (χ0n) is 9.71. The second kappa shape index (κ2) is 5.21. The van der Waals surface area contributed by atoms with Crippen LogP contribution in [0.1, 0.15) is 16.5 Å². The van der Waals surface area contributed by atoms with E-state index in [1.807, 2.05) is 29.6 Å². The van der Waals surface area contributed by atoms with Gasteiger partial charge in [0.15, 0.2) is 0 Å². The Hall–Kier alpha value is -1.52. The van der Waals surface area contributed by atoms with Crippen molar-refractivity contribution in [3.8, 4) is 11.5 Å². The van der Waals surface area contributed by atoms with E-state index in [1.54, 1.807) is 20.3 Å². The van der Waals surface area contributed by atoms with E-state index in [1.165, 1.54) is 11.3 Å².